The van der Waals surface area contributed by atoms with E-state index >= 15 is 0 Å². The van der Waals surface area contributed by atoms with E-state index < -0.39 is 0 Å². The maximum atomic E-state index is 2.38. The van der Waals surface area contributed by atoms with E-state index in [9.17, 15) is 0 Å². The number of unbranched alkanes of at least 4 members (excludes halogenated alkanes) is 2. The first-order valence-corrected chi connectivity index (χ1v) is 6.99. The Morgan fingerprint density at radius 2 is 1.50 bits per heavy atom. The van der Waals surface area contributed by atoms with Gasteiger partial charge in [0.25, 0.3) is 0 Å². The maximum Gasteiger partial charge on any atom is -0.0199 e. The van der Waals surface area contributed by atoms with Gasteiger partial charge in [-0.2, -0.15) is 0 Å². The summed E-state index contributed by atoms with van der Waals surface area (Å²) in [5.74, 6) is 0. The highest BCUT2D eigenvalue weighted by Crippen LogP contribution is 2.23. The molecule has 0 bridgehead atoms. The van der Waals surface area contributed by atoms with Crippen LogP contribution < -0.4 is 0 Å². The fraction of sp³-hybridized carbons (Fsp3) is 0.692. The molecule has 0 rings (SSSR count). The van der Waals surface area contributed by atoms with E-state index in [1.807, 2.05) is 0 Å². The molecular formula is C13H23I. The molecule has 0 atom stereocenters. The van der Waals surface area contributed by atoms with Gasteiger partial charge in [0.05, 0.1) is 0 Å². The Labute approximate surface area is 103 Å². The predicted octanol–water partition coefficient (Wildman–Crippen LogP) is 5.63. The Morgan fingerprint density at radius 1 is 1.00 bits per heavy atom. The van der Waals surface area contributed by atoms with Crippen LogP contribution in [-0.2, 0) is 0 Å². The lowest BCUT2D eigenvalue weighted by Crippen LogP contribution is -1.90. The quantitative estimate of drug-likeness (QED) is 0.422. The van der Waals surface area contributed by atoms with E-state index in [1.165, 1.54) is 38.5 Å². The molecule has 1 heteroatoms. The van der Waals surface area contributed by atoms with Crippen molar-refractivity contribution in [2.45, 2.75) is 59.3 Å². The van der Waals surface area contributed by atoms with Gasteiger partial charge in [-0.05, 0) is 47.8 Å². The van der Waals surface area contributed by atoms with Gasteiger partial charge in [-0.1, -0.05) is 55.4 Å². The zero-order valence-electron chi connectivity index (χ0n) is 9.78. The zero-order valence-corrected chi connectivity index (χ0v) is 11.9. The van der Waals surface area contributed by atoms with Crippen molar-refractivity contribution in [3.8, 4) is 0 Å². The van der Waals surface area contributed by atoms with E-state index in [2.05, 4.69) is 53.5 Å². The number of allylic oxidation sites excluding steroid dienone is 3. The maximum absolute atomic E-state index is 2.38. The molecule has 0 heterocycles. The Morgan fingerprint density at radius 3 is 1.86 bits per heavy atom. The Kier molecular flexibility index (Phi) is 9.90. The predicted molar refractivity (Wildman–Crippen MR) is 74.9 cm³/mol. The second-order valence-corrected chi connectivity index (χ2v) is 4.28. The van der Waals surface area contributed by atoms with Crippen molar-refractivity contribution < 1.29 is 0 Å². The van der Waals surface area contributed by atoms with E-state index in [1.54, 1.807) is 11.1 Å². The second-order valence-electron chi connectivity index (χ2n) is 3.66. The summed E-state index contributed by atoms with van der Waals surface area (Å²) in [6.07, 6.45) is 10.0. The third-order valence-corrected chi connectivity index (χ3v) is 3.24. The molecule has 0 unspecified atom stereocenters. The smallest absolute Gasteiger partial charge is 0.0199 e. The van der Waals surface area contributed by atoms with E-state index in [4.69, 9.17) is 0 Å². The normalized spacial score (nSPS) is 13.4. The summed E-state index contributed by atoms with van der Waals surface area (Å²) >= 11 is 2.38. The van der Waals surface area contributed by atoms with E-state index in [0.717, 1.165) is 0 Å². The number of rotatable bonds is 7. The molecule has 0 aromatic rings. The average Bonchev–Trinajstić information content (AvgIpc) is 2.23. The highest BCUT2D eigenvalue weighted by molar-refractivity contribution is 14.1. The van der Waals surface area contributed by atoms with Gasteiger partial charge in [-0.25, -0.2) is 0 Å². The van der Waals surface area contributed by atoms with Crippen LogP contribution in [0.1, 0.15) is 59.3 Å². The molecule has 0 amide bonds. The highest BCUT2D eigenvalue weighted by Gasteiger charge is 2.02. The Bertz CT molecular complexity index is 167. The third kappa shape index (κ3) is 5.84. The van der Waals surface area contributed by atoms with Gasteiger partial charge in [-0.3, -0.25) is 0 Å². The van der Waals surface area contributed by atoms with Gasteiger partial charge < -0.3 is 0 Å². The average molecular weight is 306 g/mol. The zero-order chi connectivity index (χ0) is 10.8. The van der Waals surface area contributed by atoms with Crippen molar-refractivity contribution in [3.63, 3.8) is 0 Å². The van der Waals surface area contributed by atoms with Crippen LogP contribution in [0, 0.1) is 0 Å². The van der Waals surface area contributed by atoms with Crippen LogP contribution in [0.25, 0.3) is 0 Å². The molecule has 0 aromatic carbocycles. The minimum Gasteiger partial charge on any atom is -0.0841 e. The van der Waals surface area contributed by atoms with Crippen LogP contribution in [0.3, 0.4) is 0 Å². The first-order chi connectivity index (χ1) is 6.79. The largest absolute Gasteiger partial charge is 0.0841 e. The van der Waals surface area contributed by atoms with E-state index in [0.29, 0.717) is 0 Å². The summed E-state index contributed by atoms with van der Waals surface area (Å²) < 4.78 is 2.26. The van der Waals surface area contributed by atoms with Crippen LogP contribution in [0.5, 0.6) is 0 Å². The van der Waals surface area contributed by atoms with Gasteiger partial charge in [0.1, 0.15) is 0 Å². The molecule has 0 radical (unpaired) electrons. The lowest BCUT2D eigenvalue weighted by molar-refractivity contribution is 0.753. The van der Waals surface area contributed by atoms with Gasteiger partial charge >= 0.3 is 0 Å². The molecule has 0 nitrogen and oxygen atoms in total. The van der Waals surface area contributed by atoms with E-state index in [-0.39, 0.29) is 0 Å². The Hall–Kier alpha value is 0.210. The number of halogens is 1. The van der Waals surface area contributed by atoms with Crippen molar-refractivity contribution in [2.75, 3.05) is 0 Å². The number of hydrogen-bond acceptors (Lipinski definition) is 0. The Balaban J connectivity index is 4.18. The molecular weight excluding hydrogens is 283 g/mol. The summed E-state index contributed by atoms with van der Waals surface area (Å²) in [5, 5.41) is 0. The first-order valence-electron chi connectivity index (χ1n) is 5.74. The lowest BCUT2D eigenvalue weighted by atomic mass is 9.97. The summed E-state index contributed by atoms with van der Waals surface area (Å²) in [6, 6.07) is 0. The molecule has 0 spiro atoms. The topological polar surface area (TPSA) is 0 Å². The first kappa shape index (κ1) is 14.2. The monoisotopic (exact) mass is 306 g/mol. The molecule has 0 fully saturated rings. The molecule has 0 N–H and O–H groups in total. The van der Waals surface area contributed by atoms with Gasteiger partial charge in [0.15, 0.2) is 0 Å². The molecule has 0 aromatic heterocycles. The standard InChI is InChI=1S/C13H23I/c1-4-7-9-12(6-3)13(11-14)10-8-5-2/h6,11H,4-5,7-10H2,1-3H3. The van der Waals surface area contributed by atoms with Crippen molar-refractivity contribution in [1.82, 2.24) is 0 Å². The molecule has 0 aliphatic rings. The van der Waals surface area contributed by atoms with Crippen LogP contribution in [-0.4, -0.2) is 0 Å². The van der Waals surface area contributed by atoms with Crippen LogP contribution in [0.2, 0.25) is 0 Å². The summed E-state index contributed by atoms with van der Waals surface area (Å²) in [6.45, 7) is 6.68. The van der Waals surface area contributed by atoms with Crippen molar-refractivity contribution in [3.05, 3.63) is 21.3 Å². The van der Waals surface area contributed by atoms with Gasteiger partial charge in [-0.15, -0.1) is 0 Å². The van der Waals surface area contributed by atoms with Crippen LogP contribution in [0.15, 0.2) is 21.3 Å². The minimum absolute atomic E-state index is 1.25. The van der Waals surface area contributed by atoms with Gasteiger partial charge in [0, 0.05) is 0 Å². The molecule has 0 saturated carbocycles. The number of hydrogen-bond donors (Lipinski definition) is 0. The fourth-order valence-electron chi connectivity index (χ4n) is 1.51. The van der Waals surface area contributed by atoms with Crippen LogP contribution >= 0.6 is 22.6 Å². The van der Waals surface area contributed by atoms with Crippen molar-refractivity contribution in [1.29, 1.82) is 0 Å². The molecule has 0 aliphatic carbocycles. The molecule has 14 heavy (non-hydrogen) atoms. The second kappa shape index (κ2) is 9.75. The summed E-state index contributed by atoms with van der Waals surface area (Å²) in [4.78, 5) is 0. The summed E-state index contributed by atoms with van der Waals surface area (Å²) in [7, 11) is 0. The molecule has 82 valence electrons. The SMILES string of the molecule is CC=C(CCCC)C(=CI)CCCC. The molecule has 0 aliphatic heterocycles. The third-order valence-electron chi connectivity index (χ3n) is 2.49. The van der Waals surface area contributed by atoms with Crippen molar-refractivity contribution in [2.24, 2.45) is 0 Å². The minimum atomic E-state index is 1.25. The van der Waals surface area contributed by atoms with Gasteiger partial charge in [0.2, 0.25) is 0 Å². The lowest BCUT2D eigenvalue weighted by Gasteiger charge is -2.10. The highest BCUT2D eigenvalue weighted by atomic mass is 127. The van der Waals surface area contributed by atoms with Crippen LogP contribution in [0.4, 0.5) is 0 Å². The fourth-order valence-corrected chi connectivity index (χ4v) is 2.22. The summed E-state index contributed by atoms with van der Waals surface area (Å²) in [5.41, 5.74) is 3.12. The van der Waals surface area contributed by atoms with Crippen molar-refractivity contribution >= 4 is 22.6 Å². The molecule has 0 saturated heterocycles.